The van der Waals surface area contributed by atoms with Crippen molar-refractivity contribution in [2.75, 3.05) is 33.4 Å². The van der Waals surface area contributed by atoms with E-state index in [9.17, 15) is 18.0 Å². The van der Waals surface area contributed by atoms with Gasteiger partial charge in [-0.15, -0.1) is 12.4 Å². The van der Waals surface area contributed by atoms with Gasteiger partial charge in [-0.25, -0.2) is 0 Å². The molecule has 0 saturated carbocycles. The maximum absolute atomic E-state index is 13.3. The highest BCUT2D eigenvalue weighted by molar-refractivity contribution is 5.99. The molecule has 1 amide bonds. The fraction of sp³-hybridized carbons (Fsp3) is 0.533. The largest absolute Gasteiger partial charge is 0.417 e. The lowest BCUT2D eigenvalue weighted by Crippen LogP contribution is -2.50. The average Bonchev–Trinajstić information content (AvgIpc) is 2.95. The molecule has 1 N–H and O–H groups in total. The molecule has 1 saturated heterocycles. The Balaban J connectivity index is 0.00000192. The van der Waals surface area contributed by atoms with Crippen molar-refractivity contribution in [1.82, 2.24) is 10.2 Å². The molecule has 4 nitrogen and oxygen atoms in total. The van der Waals surface area contributed by atoms with E-state index in [1.807, 2.05) is 0 Å². The molecule has 0 spiro atoms. The summed E-state index contributed by atoms with van der Waals surface area (Å²) in [5.74, 6) is -0.656. The van der Waals surface area contributed by atoms with E-state index in [4.69, 9.17) is 4.74 Å². The first kappa shape index (κ1) is 18.0. The van der Waals surface area contributed by atoms with Gasteiger partial charge in [-0.2, -0.15) is 13.2 Å². The highest BCUT2D eigenvalue weighted by Crippen LogP contribution is 2.41. The van der Waals surface area contributed by atoms with E-state index in [0.29, 0.717) is 31.8 Å². The van der Waals surface area contributed by atoms with Crippen molar-refractivity contribution in [2.45, 2.75) is 18.1 Å². The molecule has 1 aromatic carbocycles. The summed E-state index contributed by atoms with van der Waals surface area (Å²) >= 11 is 0. The number of ether oxygens (including phenoxy) is 1. The van der Waals surface area contributed by atoms with Crippen LogP contribution in [0.4, 0.5) is 13.2 Å². The lowest BCUT2D eigenvalue weighted by atomic mass is 9.82. The summed E-state index contributed by atoms with van der Waals surface area (Å²) in [6.07, 6.45) is -4.53. The molecule has 1 fully saturated rings. The average molecular weight is 351 g/mol. The van der Waals surface area contributed by atoms with Gasteiger partial charge in [0.15, 0.2) is 0 Å². The molecule has 0 radical (unpaired) electrons. The Morgan fingerprint density at radius 2 is 2.09 bits per heavy atom. The molecule has 0 aromatic heterocycles. The van der Waals surface area contributed by atoms with Crippen LogP contribution in [0.25, 0.3) is 0 Å². The van der Waals surface area contributed by atoms with Crippen LogP contribution in [-0.2, 0) is 10.9 Å². The van der Waals surface area contributed by atoms with Crippen LogP contribution in [0.5, 0.6) is 0 Å². The van der Waals surface area contributed by atoms with Gasteiger partial charge in [0.05, 0.1) is 23.8 Å². The first-order chi connectivity index (χ1) is 10.4. The van der Waals surface area contributed by atoms with E-state index in [1.54, 1.807) is 6.07 Å². The molecule has 1 aromatic rings. The molecule has 23 heavy (non-hydrogen) atoms. The van der Waals surface area contributed by atoms with Crippen molar-refractivity contribution in [1.29, 1.82) is 0 Å². The zero-order valence-corrected chi connectivity index (χ0v) is 13.3. The van der Waals surface area contributed by atoms with E-state index in [1.165, 1.54) is 18.1 Å². The van der Waals surface area contributed by atoms with Gasteiger partial charge < -0.3 is 15.0 Å². The molecule has 8 heteroatoms. The van der Waals surface area contributed by atoms with Crippen LogP contribution in [0.2, 0.25) is 0 Å². The third kappa shape index (κ3) is 3.05. The monoisotopic (exact) mass is 350 g/mol. The third-order valence-corrected chi connectivity index (χ3v) is 4.40. The Labute approximate surface area is 138 Å². The number of halogens is 4. The summed E-state index contributed by atoms with van der Waals surface area (Å²) in [5, 5.41) is 3.17. The SMILES string of the molecule is COCCN1C(=O)c2c(cccc2C(F)(F)F)[C@H]2CNC[C@@H]21.Cl. The smallest absolute Gasteiger partial charge is 0.383 e. The first-order valence-corrected chi connectivity index (χ1v) is 7.16. The summed E-state index contributed by atoms with van der Waals surface area (Å²) in [7, 11) is 1.51. The Hall–Kier alpha value is -1.31. The van der Waals surface area contributed by atoms with Crippen LogP contribution in [0.15, 0.2) is 18.2 Å². The topological polar surface area (TPSA) is 41.6 Å². The summed E-state index contributed by atoms with van der Waals surface area (Å²) in [6, 6.07) is 3.89. The Bertz CT molecular complexity index is 595. The van der Waals surface area contributed by atoms with E-state index in [0.717, 1.165) is 6.07 Å². The number of hydrogen-bond acceptors (Lipinski definition) is 3. The number of benzene rings is 1. The fourth-order valence-electron chi connectivity index (χ4n) is 3.41. The number of alkyl halides is 3. The molecule has 3 rings (SSSR count). The standard InChI is InChI=1S/C15H17F3N2O2.ClH/c1-22-6-5-20-12-8-19-7-10(12)9-3-2-4-11(15(16,17)18)13(9)14(20)21;/h2-4,10,12,19H,5-8H2,1H3;1H/t10-,12+;/m1./s1. The predicted octanol–water partition coefficient (Wildman–Crippen LogP) is 2.28. The van der Waals surface area contributed by atoms with Gasteiger partial charge in [0.25, 0.3) is 5.91 Å². The first-order valence-electron chi connectivity index (χ1n) is 7.16. The lowest BCUT2D eigenvalue weighted by Gasteiger charge is -2.39. The van der Waals surface area contributed by atoms with E-state index < -0.39 is 17.6 Å². The minimum atomic E-state index is -4.53. The van der Waals surface area contributed by atoms with Gasteiger partial charge in [-0.05, 0) is 11.6 Å². The van der Waals surface area contributed by atoms with Gasteiger partial charge in [0.2, 0.25) is 0 Å². The van der Waals surface area contributed by atoms with Crippen LogP contribution >= 0.6 is 12.4 Å². The van der Waals surface area contributed by atoms with Crippen molar-refractivity contribution < 1.29 is 22.7 Å². The fourth-order valence-corrected chi connectivity index (χ4v) is 3.41. The second kappa shape index (κ2) is 6.67. The lowest BCUT2D eigenvalue weighted by molar-refractivity contribution is -0.138. The van der Waals surface area contributed by atoms with Crippen molar-refractivity contribution in [3.05, 3.63) is 34.9 Å². The van der Waals surface area contributed by atoms with Crippen LogP contribution in [-0.4, -0.2) is 50.2 Å². The van der Waals surface area contributed by atoms with E-state index in [-0.39, 0.29) is 29.9 Å². The predicted molar refractivity (Wildman–Crippen MR) is 81.0 cm³/mol. The van der Waals surface area contributed by atoms with Gasteiger partial charge in [0, 0.05) is 32.7 Å². The minimum absolute atomic E-state index is 0. The zero-order valence-electron chi connectivity index (χ0n) is 12.5. The normalized spacial score (nSPS) is 23.3. The molecular weight excluding hydrogens is 333 g/mol. The van der Waals surface area contributed by atoms with E-state index >= 15 is 0 Å². The molecule has 2 heterocycles. The molecule has 0 aliphatic carbocycles. The number of nitrogens with zero attached hydrogens (tertiary/aromatic N) is 1. The quantitative estimate of drug-likeness (QED) is 0.909. The third-order valence-electron chi connectivity index (χ3n) is 4.40. The van der Waals surface area contributed by atoms with Crippen LogP contribution in [0.3, 0.4) is 0 Å². The van der Waals surface area contributed by atoms with Crippen LogP contribution in [0.1, 0.15) is 27.4 Å². The summed E-state index contributed by atoms with van der Waals surface area (Å²) in [4.78, 5) is 14.2. The highest BCUT2D eigenvalue weighted by atomic mass is 35.5. The zero-order chi connectivity index (χ0) is 15.9. The number of methoxy groups -OCH3 is 1. The van der Waals surface area contributed by atoms with Crippen molar-refractivity contribution in [2.24, 2.45) is 0 Å². The molecule has 2 atom stereocenters. The second-order valence-corrected chi connectivity index (χ2v) is 5.59. The summed E-state index contributed by atoms with van der Waals surface area (Å²) in [6.45, 7) is 1.77. The number of carbonyl (C=O) groups excluding carboxylic acids is 1. The van der Waals surface area contributed by atoms with Crippen molar-refractivity contribution >= 4 is 18.3 Å². The Kier molecular flexibility index (Phi) is 5.23. The van der Waals surface area contributed by atoms with E-state index in [2.05, 4.69) is 5.32 Å². The number of carbonyl (C=O) groups is 1. The number of amides is 1. The maximum atomic E-state index is 13.3. The number of nitrogens with one attached hydrogen (secondary N) is 1. The van der Waals surface area contributed by atoms with Crippen molar-refractivity contribution in [3.8, 4) is 0 Å². The molecular formula is C15H18ClF3N2O2. The minimum Gasteiger partial charge on any atom is -0.383 e. The van der Waals surface area contributed by atoms with Gasteiger partial charge in [0.1, 0.15) is 0 Å². The molecule has 2 aliphatic heterocycles. The highest BCUT2D eigenvalue weighted by Gasteiger charge is 2.46. The molecule has 128 valence electrons. The van der Waals surface area contributed by atoms with Gasteiger partial charge >= 0.3 is 6.18 Å². The number of rotatable bonds is 3. The summed E-state index contributed by atoms with van der Waals surface area (Å²) in [5.41, 5.74) is -0.540. The van der Waals surface area contributed by atoms with Crippen LogP contribution in [0, 0.1) is 0 Å². The van der Waals surface area contributed by atoms with Gasteiger partial charge in [-0.3, -0.25) is 4.79 Å². The van der Waals surface area contributed by atoms with Gasteiger partial charge in [-0.1, -0.05) is 12.1 Å². The number of fused-ring (bicyclic) bond motifs is 3. The van der Waals surface area contributed by atoms with Crippen LogP contribution < -0.4 is 5.32 Å². The van der Waals surface area contributed by atoms with Crippen molar-refractivity contribution in [3.63, 3.8) is 0 Å². The Morgan fingerprint density at radius 3 is 2.74 bits per heavy atom. The molecule has 0 bridgehead atoms. The molecule has 2 aliphatic rings. The Morgan fingerprint density at radius 1 is 1.35 bits per heavy atom. The number of hydrogen-bond donors (Lipinski definition) is 1. The second-order valence-electron chi connectivity index (χ2n) is 5.59. The summed E-state index contributed by atoms with van der Waals surface area (Å²) < 4.78 is 44.8. The molecule has 0 unspecified atom stereocenters. The maximum Gasteiger partial charge on any atom is 0.417 e.